The van der Waals surface area contributed by atoms with Crippen LogP contribution in [0.1, 0.15) is 19.8 Å². The average Bonchev–Trinajstić information content (AvgIpc) is 2.75. The lowest BCUT2D eigenvalue weighted by molar-refractivity contribution is -0.120. The Hall–Kier alpha value is -2.00. The average molecular weight is 487 g/mol. The van der Waals surface area contributed by atoms with Crippen LogP contribution in [0.5, 0.6) is 11.5 Å². The van der Waals surface area contributed by atoms with Crippen molar-refractivity contribution in [3.8, 4) is 11.5 Å². The molecule has 0 bridgehead atoms. The minimum absolute atomic E-state index is 0.0681. The minimum Gasteiger partial charge on any atom is -0.495 e. The third-order valence-corrected chi connectivity index (χ3v) is 7.41. The van der Waals surface area contributed by atoms with Crippen LogP contribution in [-0.2, 0) is 14.8 Å². The van der Waals surface area contributed by atoms with Gasteiger partial charge in [-0.1, -0.05) is 23.2 Å². The number of benzene rings is 2. The number of halogens is 2. The van der Waals surface area contributed by atoms with Crippen LogP contribution in [0.3, 0.4) is 0 Å². The molecule has 0 aromatic heterocycles. The summed E-state index contributed by atoms with van der Waals surface area (Å²) in [4.78, 5) is 12.9. The van der Waals surface area contributed by atoms with E-state index in [2.05, 4.69) is 5.32 Å². The summed E-state index contributed by atoms with van der Waals surface area (Å²) in [5.74, 6) is 0.104. The quantitative estimate of drug-likeness (QED) is 0.624. The third-order valence-electron chi connectivity index (χ3n) is 5.02. The molecule has 3 rings (SSSR count). The topological polar surface area (TPSA) is 84.9 Å². The van der Waals surface area contributed by atoms with Crippen LogP contribution in [0.2, 0.25) is 10.0 Å². The number of sulfonamides is 1. The summed E-state index contributed by atoms with van der Waals surface area (Å²) in [5.41, 5.74) is 0.443. The van der Waals surface area contributed by atoms with E-state index in [0.29, 0.717) is 48.2 Å². The molecule has 7 nitrogen and oxygen atoms in total. The maximum absolute atomic E-state index is 13.1. The maximum atomic E-state index is 13.1. The van der Waals surface area contributed by atoms with Crippen LogP contribution in [0, 0.1) is 5.92 Å². The lowest BCUT2D eigenvalue weighted by Gasteiger charge is -2.31. The number of carbonyl (C=O) groups excluding carboxylic acids is 1. The smallest absolute Gasteiger partial charge is 0.243 e. The summed E-state index contributed by atoms with van der Waals surface area (Å²) in [7, 11) is -2.31. The van der Waals surface area contributed by atoms with Crippen LogP contribution >= 0.6 is 23.2 Å². The number of hydrogen-bond acceptors (Lipinski definition) is 5. The van der Waals surface area contributed by atoms with Crippen LogP contribution in [-0.4, -0.2) is 45.4 Å². The number of hydrogen-bond donors (Lipinski definition) is 1. The monoisotopic (exact) mass is 486 g/mol. The van der Waals surface area contributed by atoms with E-state index in [1.54, 1.807) is 18.2 Å². The second kappa shape index (κ2) is 10.1. The van der Waals surface area contributed by atoms with Gasteiger partial charge in [-0.15, -0.1) is 0 Å². The summed E-state index contributed by atoms with van der Waals surface area (Å²) >= 11 is 12.2. The molecular formula is C21H24Cl2N2O5S. The Bertz CT molecular complexity index is 1060. The van der Waals surface area contributed by atoms with Gasteiger partial charge in [-0.05, 0) is 56.2 Å². The highest BCUT2D eigenvalue weighted by atomic mass is 35.5. The van der Waals surface area contributed by atoms with Gasteiger partial charge < -0.3 is 14.8 Å². The molecule has 0 unspecified atom stereocenters. The van der Waals surface area contributed by atoms with E-state index in [0.717, 1.165) is 0 Å². The highest BCUT2D eigenvalue weighted by Crippen LogP contribution is 2.32. The Morgan fingerprint density at radius 3 is 2.61 bits per heavy atom. The Balaban J connectivity index is 1.76. The summed E-state index contributed by atoms with van der Waals surface area (Å²) in [6.07, 6.45) is 1.14. The van der Waals surface area contributed by atoms with Crippen LogP contribution in [0.25, 0.3) is 0 Å². The number of carbonyl (C=O) groups is 1. The molecule has 10 heteroatoms. The van der Waals surface area contributed by atoms with Crippen molar-refractivity contribution in [1.82, 2.24) is 4.31 Å². The first-order chi connectivity index (χ1) is 14.8. The van der Waals surface area contributed by atoms with Crippen LogP contribution < -0.4 is 14.8 Å². The number of nitrogens with one attached hydrogen (secondary N) is 1. The predicted molar refractivity (Wildman–Crippen MR) is 121 cm³/mol. The summed E-state index contributed by atoms with van der Waals surface area (Å²) < 4.78 is 38.2. The molecule has 0 radical (unpaired) electrons. The molecule has 1 N–H and O–H groups in total. The van der Waals surface area contributed by atoms with E-state index < -0.39 is 15.9 Å². The largest absolute Gasteiger partial charge is 0.495 e. The number of amides is 1. The second-order valence-electron chi connectivity index (χ2n) is 7.06. The lowest BCUT2D eigenvalue weighted by atomic mass is 9.98. The van der Waals surface area contributed by atoms with Crippen molar-refractivity contribution in [2.45, 2.75) is 24.7 Å². The van der Waals surface area contributed by atoms with Crippen LogP contribution in [0.4, 0.5) is 5.69 Å². The maximum Gasteiger partial charge on any atom is 0.243 e. The Kier molecular flexibility index (Phi) is 7.69. The van der Waals surface area contributed by atoms with Gasteiger partial charge in [0.25, 0.3) is 0 Å². The summed E-state index contributed by atoms with van der Waals surface area (Å²) in [6.45, 7) is 2.64. The van der Waals surface area contributed by atoms with Crippen molar-refractivity contribution in [3.63, 3.8) is 0 Å². The molecule has 0 saturated carbocycles. The standard InChI is InChI=1S/C21H24Cl2N2O5S/c1-3-30-19-9-7-16(12-17(19)23)31(27,28)25-10-4-5-14(13-25)21(26)24-18-11-15(22)6-8-20(18)29-2/h6-9,11-12,14H,3-5,10,13H2,1-2H3,(H,24,26)/t14-/m0/s1. The molecule has 1 aliphatic rings. The Morgan fingerprint density at radius 2 is 1.94 bits per heavy atom. The van der Waals surface area contributed by atoms with Gasteiger partial charge in [0, 0.05) is 18.1 Å². The third kappa shape index (κ3) is 5.44. The zero-order valence-corrected chi connectivity index (χ0v) is 19.6. The second-order valence-corrected chi connectivity index (χ2v) is 9.84. The molecule has 0 aliphatic carbocycles. The number of nitrogens with zero attached hydrogens (tertiary/aromatic N) is 1. The molecule has 168 valence electrons. The Morgan fingerprint density at radius 1 is 1.19 bits per heavy atom. The molecule has 1 fully saturated rings. The number of ether oxygens (including phenoxy) is 2. The number of rotatable bonds is 7. The first-order valence-electron chi connectivity index (χ1n) is 9.83. The molecule has 1 saturated heterocycles. The van der Waals surface area contributed by atoms with Gasteiger partial charge in [-0.2, -0.15) is 4.31 Å². The number of anilines is 1. The van der Waals surface area contributed by atoms with E-state index >= 15 is 0 Å². The fraction of sp³-hybridized carbons (Fsp3) is 0.381. The molecule has 2 aromatic carbocycles. The van der Waals surface area contributed by atoms with E-state index in [-0.39, 0.29) is 22.4 Å². The fourth-order valence-corrected chi connectivity index (χ4v) is 5.47. The molecular weight excluding hydrogens is 463 g/mol. The van der Waals surface area contributed by atoms with Crippen molar-refractivity contribution < 1.29 is 22.7 Å². The normalized spacial score (nSPS) is 17.2. The van der Waals surface area contributed by atoms with Crippen molar-refractivity contribution in [2.75, 3.05) is 32.1 Å². The summed E-state index contributed by atoms with van der Waals surface area (Å²) in [6, 6.07) is 9.29. The van der Waals surface area contributed by atoms with Crippen molar-refractivity contribution in [3.05, 3.63) is 46.4 Å². The van der Waals surface area contributed by atoms with Gasteiger partial charge in [0.1, 0.15) is 11.5 Å². The first-order valence-corrected chi connectivity index (χ1v) is 12.0. The SMILES string of the molecule is CCOc1ccc(S(=O)(=O)N2CCC[C@H](C(=O)Nc3cc(Cl)ccc3OC)C2)cc1Cl. The molecule has 0 spiro atoms. The number of piperidine rings is 1. The first kappa shape index (κ1) is 23.7. The highest BCUT2D eigenvalue weighted by Gasteiger charge is 2.34. The van der Waals surface area contributed by atoms with E-state index in [4.69, 9.17) is 32.7 Å². The predicted octanol–water partition coefficient (Wildman–Crippen LogP) is 4.44. The van der Waals surface area contributed by atoms with Gasteiger partial charge in [-0.3, -0.25) is 4.79 Å². The van der Waals surface area contributed by atoms with Crippen LogP contribution in [0.15, 0.2) is 41.3 Å². The molecule has 1 amide bonds. The number of methoxy groups -OCH3 is 1. The van der Waals surface area contributed by atoms with Gasteiger partial charge in [0.15, 0.2) is 0 Å². The Labute approximate surface area is 192 Å². The minimum atomic E-state index is -3.81. The van der Waals surface area contributed by atoms with E-state index in [9.17, 15) is 13.2 Å². The zero-order chi connectivity index (χ0) is 22.6. The summed E-state index contributed by atoms with van der Waals surface area (Å²) in [5, 5.41) is 3.49. The van der Waals surface area contributed by atoms with Crippen molar-refractivity contribution in [1.29, 1.82) is 0 Å². The van der Waals surface area contributed by atoms with E-state index in [1.165, 1.54) is 29.6 Å². The highest BCUT2D eigenvalue weighted by molar-refractivity contribution is 7.89. The van der Waals surface area contributed by atoms with Crippen molar-refractivity contribution >= 4 is 44.8 Å². The zero-order valence-electron chi connectivity index (χ0n) is 17.2. The van der Waals surface area contributed by atoms with Gasteiger partial charge in [0.05, 0.1) is 35.2 Å². The van der Waals surface area contributed by atoms with Gasteiger partial charge in [0.2, 0.25) is 15.9 Å². The molecule has 31 heavy (non-hydrogen) atoms. The lowest BCUT2D eigenvalue weighted by Crippen LogP contribution is -2.43. The fourth-order valence-electron chi connectivity index (χ4n) is 3.45. The van der Waals surface area contributed by atoms with E-state index in [1.807, 2.05) is 6.92 Å². The molecule has 1 aliphatic heterocycles. The van der Waals surface area contributed by atoms with Gasteiger partial charge in [-0.25, -0.2) is 8.42 Å². The molecule has 1 heterocycles. The van der Waals surface area contributed by atoms with Crippen molar-refractivity contribution in [2.24, 2.45) is 5.92 Å². The molecule has 2 aromatic rings. The van der Waals surface area contributed by atoms with Gasteiger partial charge >= 0.3 is 0 Å². The molecule has 1 atom stereocenters.